The molecule has 3 aromatic rings. The van der Waals surface area contributed by atoms with Crippen molar-refractivity contribution in [3.63, 3.8) is 0 Å². The number of imidazole rings is 1. The van der Waals surface area contributed by atoms with Crippen molar-refractivity contribution in [1.29, 1.82) is 0 Å². The Morgan fingerprint density at radius 3 is 2.68 bits per heavy atom. The molecule has 0 fully saturated rings. The lowest BCUT2D eigenvalue weighted by Crippen LogP contribution is -2.08. The lowest BCUT2D eigenvalue weighted by Gasteiger charge is -2.09. The lowest BCUT2D eigenvalue weighted by atomic mass is 10.2. The van der Waals surface area contributed by atoms with E-state index in [-0.39, 0.29) is 17.0 Å². The van der Waals surface area contributed by atoms with Gasteiger partial charge in [0.25, 0.3) is 0 Å². The largest absolute Gasteiger partial charge is 0.363 e. The number of benzene rings is 1. The van der Waals surface area contributed by atoms with Crippen molar-refractivity contribution in [2.24, 2.45) is 0 Å². The number of aromatic nitrogens is 4. The van der Waals surface area contributed by atoms with Crippen LogP contribution >= 0.6 is 11.6 Å². The Bertz CT molecular complexity index is 798. The summed E-state index contributed by atoms with van der Waals surface area (Å²) in [6.45, 7) is 4.61. The van der Waals surface area contributed by atoms with Gasteiger partial charge in [-0.25, -0.2) is 13.9 Å². The summed E-state index contributed by atoms with van der Waals surface area (Å²) in [6.07, 6.45) is 1.77. The molecule has 0 spiro atoms. The first-order valence-electron chi connectivity index (χ1n) is 6.94. The fourth-order valence-electron chi connectivity index (χ4n) is 2.17. The van der Waals surface area contributed by atoms with Crippen molar-refractivity contribution in [3.05, 3.63) is 52.8 Å². The van der Waals surface area contributed by atoms with Crippen LogP contribution in [0.2, 0.25) is 5.28 Å². The van der Waals surface area contributed by atoms with Gasteiger partial charge >= 0.3 is 0 Å². The highest BCUT2D eigenvalue weighted by atomic mass is 35.5. The zero-order valence-electron chi connectivity index (χ0n) is 12.2. The molecule has 22 heavy (non-hydrogen) atoms. The highest BCUT2D eigenvalue weighted by Gasteiger charge is 2.14. The highest BCUT2D eigenvalue weighted by Crippen LogP contribution is 2.21. The van der Waals surface area contributed by atoms with E-state index in [1.54, 1.807) is 22.8 Å². The quantitative estimate of drug-likeness (QED) is 0.797. The van der Waals surface area contributed by atoms with Crippen LogP contribution in [-0.2, 0) is 6.54 Å². The van der Waals surface area contributed by atoms with Gasteiger partial charge in [0.1, 0.15) is 5.82 Å². The van der Waals surface area contributed by atoms with E-state index in [1.165, 1.54) is 12.1 Å². The van der Waals surface area contributed by atoms with E-state index in [1.807, 2.05) is 0 Å². The average Bonchev–Trinajstić information content (AvgIpc) is 2.90. The summed E-state index contributed by atoms with van der Waals surface area (Å²) in [7, 11) is 0. The molecule has 114 valence electrons. The Morgan fingerprint density at radius 2 is 2.00 bits per heavy atom. The van der Waals surface area contributed by atoms with E-state index in [0.717, 1.165) is 11.3 Å². The fraction of sp³-hybridized carbons (Fsp3) is 0.267. The van der Waals surface area contributed by atoms with Gasteiger partial charge in [0.2, 0.25) is 5.28 Å². The molecular weight excluding hydrogens is 305 g/mol. The molecule has 0 bridgehead atoms. The van der Waals surface area contributed by atoms with Crippen molar-refractivity contribution < 1.29 is 4.39 Å². The third-order valence-electron chi connectivity index (χ3n) is 3.33. The number of hydrogen-bond donors (Lipinski definition) is 1. The summed E-state index contributed by atoms with van der Waals surface area (Å²) in [5, 5.41) is 7.53. The Kier molecular flexibility index (Phi) is 3.94. The molecular formula is C15H15ClFN5. The molecule has 2 aromatic heterocycles. The van der Waals surface area contributed by atoms with Crippen LogP contribution in [0.1, 0.15) is 31.0 Å². The van der Waals surface area contributed by atoms with Gasteiger partial charge in [-0.1, -0.05) is 26.0 Å². The third kappa shape index (κ3) is 2.87. The number of halogens is 2. The monoisotopic (exact) mass is 319 g/mol. The van der Waals surface area contributed by atoms with Crippen LogP contribution in [0.25, 0.3) is 5.65 Å². The Labute approximate surface area is 132 Å². The van der Waals surface area contributed by atoms with Gasteiger partial charge in [0.05, 0.1) is 11.9 Å². The summed E-state index contributed by atoms with van der Waals surface area (Å²) in [5.74, 6) is 0.563. The van der Waals surface area contributed by atoms with Crippen LogP contribution in [0.5, 0.6) is 0 Å². The first-order chi connectivity index (χ1) is 10.5. The third-order valence-corrected chi connectivity index (χ3v) is 3.49. The van der Waals surface area contributed by atoms with Gasteiger partial charge < -0.3 is 5.32 Å². The van der Waals surface area contributed by atoms with Gasteiger partial charge in [-0.05, 0) is 35.2 Å². The van der Waals surface area contributed by atoms with Crippen LogP contribution in [0.3, 0.4) is 0 Å². The minimum absolute atomic E-state index is 0.147. The summed E-state index contributed by atoms with van der Waals surface area (Å²) >= 11 is 6.00. The van der Waals surface area contributed by atoms with Crippen LogP contribution in [0, 0.1) is 5.82 Å². The fourth-order valence-corrected chi connectivity index (χ4v) is 2.33. The minimum atomic E-state index is -0.258. The molecule has 0 unspecified atom stereocenters. The molecule has 0 aliphatic heterocycles. The van der Waals surface area contributed by atoms with Crippen molar-refractivity contribution in [2.45, 2.75) is 26.3 Å². The van der Waals surface area contributed by atoms with Crippen LogP contribution < -0.4 is 5.32 Å². The number of hydrogen-bond acceptors (Lipinski definition) is 4. The summed E-state index contributed by atoms with van der Waals surface area (Å²) < 4.78 is 14.6. The van der Waals surface area contributed by atoms with Gasteiger partial charge in [0.15, 0.2) is 11.5 Å². The van der Waals surface area contributed by atoms with Crippen molar-refractivity contribution in [2.75, 3.05) is 5.32 Å². The molecule has 0 saturated carbocycles. The molecule has 1 N–H and O–H groups in total. The van der Waals surface area contributed by atoms with Gasteiger partial charge in [-0.2, -0.15) is 4.98 Å². The summed E-state index contributed by atoms with van der Waals surface area (Å²) in [6, 6.07) is 6.28. The number of nitrogens with one attached hydrogen (secondary N) is 1. The second kappa shape index (κ2) is 5.88. The number of fused-ring (bicyclic) bond motifs is 1. The number of anilines is 1. The van der Waals surface area contributed by atoms with Gasteiger partial charge in [0, 0.05) is 6.54 Å². The Balaban J connectivity index is 1.91. The van der Waals surface area contributed by atoms with Crippen molar-refractivity contribution in [3.8, 4) is 0 Å². The first-order valence-corrected chi connectivity index (χ1v) is 7.32. The van der Waals surface area contributed by atoms with E-state index in [0.29, 0.717) is 18.0 Å². The molecule has 2 heterocycles. The van der Waals surface area contributed by atoms with Crippen LogP contribution in [-0.4, -0.2) is 19.6 Å². The standard InChI is InChI=1S/C15H15ClFN5/c1-9(2)12-8-19-14-13(20-15(16)21-22(12)14)18-7-10-3-5-11(17)6-4-10/h3-6,8-9H,7H2,1-2H3,(H,18,20,21). The summed E-state index contributed by atoms with van der Waals surface area (Å²) in [4.78, 5) is 8.56. The van der Waals surface area contributed by atoms with E-state index in [4.69, 9.17) is 11.6 Å². The highest BCUT2D eigenvalue weighted by molar-refractivity contribution is 6.28. The van der Waals surface area contributed by atoms with Crippen molar-refractivity contribution >= 4 is 23.1 Å². The number of nitrogens with zero attached hydrogens (tertiary/aromatic N) is 4. The molecule has 5 nitrogen and oxygen atoms in total. The normalized spacial score (nSPS) is 11.3. The molecule has 0 radical (unpaired) electrons. The van der Waals surface area contributed by atoms with E-state index < -0.39 is 0 Å². The van der Waals surface area contributed by atoms with Crippen LogP contribution in [0.15, 0.2) is 30.5 Å². The second-order valence-electron chi connectivity index (χ2n) is 5.28. The second-order valence-corrected chi connectivity index (χ2v) is 5.62. The van der Waals surface area contributed by atoms with E-state index >= 15 is 0 Å². The summed E-state index contributed by atoms with van der Waals surface area (Å²) in [5.41, 5.74) is 2.52. The maximum absolute atomic E-state index is 12.9. The predicted molar refractivity (Wildman–Crippen MR) is 83.6 cm³/mol. The van der Waals surface area contributed by atoms with E-state index in [2.05, 4.69) is 34.2 Å². The maximum atomic E-state index is 12.9. The molecule has 1 aromatic carbocycles. The minimum Gasteiger partial charge on any atom is -0.363 e. The maximum Gasteiger partial charge on any atom is 0.243 e. The first kappa shape index (κ1) is 14.7. The molecule has 7 heteroatoms. The molecule has 0 amide bonds. The lowest BCUT2D eigenvalue weighted by molar-refractivity contribution is 0.627. The molecule has 0 saturated heterocycles. The molecule has 0 aliphatic rings. The Hall–Kier alpha value is -2.21. The predicted octanol–water partition coefficient (Wildman–Crippen LogP) is 3.65. The average molecular weight is 320 g/mol. The van der Waals surface area contributed by atoms with Crippen LogP contribution in [0.4, 0.5) is 10.2 Å². The van der Waals surface area contributed by atoms with E-state index in [9.17, 15) is 4.39 Å². The molecule has 3 rings (SSSR count). The molecule has 0 aliphatic carbocycles. The smallest absolute Gasteiger partial charge is 0.243 e. The van der Waals surface area contributed by atoms with Gasteiger partial charge in [-0.15, -0.1) is 5.10 Å². The zero-order valence-corrected chi connectivity index (χ0v) is 13.0. The van der Waals surface area contributed by atoms with Crippen molar-refractivity contribution in [1.82, 2.24) is 19.6 Å². The SMILES string of the molecule is CC(C)c1cnc2c(NCc3ccc(F)cc3)nc(Cl)nn12. The molecule has 0 atom stereocenters. The van der Waals surface area contributed by atoms with Gasteiger partial charge in [-0.3, -0.25) is 0 Å². The zero-order chi connectivity index (χ0) is 15.7. The Morgan fingerprint density at radius 1 is 1.27 bits per heavy atom. The number of rotatable bonds is 4. The topological polar surface area (TPSA) is 55.1 Å².